The number of hydrogen-bond acceptors (Lipinski definition) is 4. The molecule has 0 aliphatic rings. The van der Waals surface area contributed by atoms with Gasteiger partial charge in [0.15, 0.2) is 17.4 Å². The first-order valence-electron chi connectivity index (χ1n) is 7.74. The van der Waals surface area contributed by atoms with E-state index in [1.165, 1.54) is 25.1 Å². The molecule has 0 saturated heterocycles. The Morgan fingerprint density at radius 2 is 1.88 bits per heavy atom. The highest BCUT2D eigenvalue weighted by Gasteiger charge is 2.21. The van der Waals surface area contributed by atoms with Gasteiger partial charge in [-0.05, 0) is 44.5 Å². The number of Topliss-reactive ketones (excluding diaryl/α,β-unsaturated/α-hetero) is 1. The number of hydrogen-bond donors (Lipinski definition) is 2. The van der Waals surface area contributed by atoms with E-state index < -0.39 is 28.9 Å². The number of benzene rings is 2. The highest BCUT2D eigenvalue weighted by molar-refractivity contribution is 6.00. The van der Waals surface area contributed by atoms with Gasteiger partial charge < -0.3 is 10.2 Å². The van der Waals surface area contributed by atoms with Crippen LogP contribution in [0.3, 0.4) is 0 Å². The van der Waals surface area contributed by atoms with Gasteiger partial charge >= 0.3 is 0 Å². The summed E-state index contributed by atoms with van der Waals surface area (Å²) in [6.07, 6.45) is 0. The molecule has 2 N–H and O–H groups in total. The Labute approximate surface area is 144 Å². The summed E-state index contributed by atoms with van der Waals surface area (Å²) < 4.78 is 42.8. The Morgan fingerprint density at radius 3 is 2.48 bits per heavy atom. The number of anilines is 2. The van der Waals surface area contributed by atoms with Crippen LogP contribution in [0.15, 0.2) is 24.3 Å². The second-order valence-electron chi connectivity index (χ2n) is 5.50. The molecule has 0 radical (unpaired) electrons. The number of carbonyl (C=O) groups excluding carboxylic acids is 1. The van der Waals surface area contributed by atoms with Crippen LogP contribution in [0.5, 0.6) is 0 Å². The molecule has 25 heavy (non-hydrogen) atoms. The summed E-state index contributed by atoms with van der Waals surface area (Å²) in [6.45, 7) is 4.89. The zero-order valence-corrected chi connectivity index (χ0v) is 14.2. The number of aryl methyl sites for hydroxylation is 1. The SMILES string of the molecule is CCONCc1cc(C(C)=O)c(Nc2ccc(C)cc2F)c(F)c1F. The predicted octanol–water partition coefficient (Wildman–Crippen LogP) is 4.40. The van der Waals surface area contributed by atoms with Gasteiger partial charge in [-0.3, -0.25) is 4.79 Å². The van der Waals surface area contributed by atoms with E-state index in [0.29, 0.717) is 12.2 Å². The molecule has 0 aliphatic heterocycles. The van der Waals surface area contributed by atoms with Crippen molar-refractivity contribution in [3.05, 3.63) is 58.4 Å². The Bertz CT molecular complexity index is 794. The third kappa shape index (κ3) is 4.37. The van der Waals surface area contributed by atoms with Gasteiger partial charge in [0.05, 0.1) is 18.0 Å². The Morgan fingerprint density at radius 1 is 1.16 bits per heavy atom. The summed E-state index contributed by atoms with van der Waals surface area (Å²) in [5, 5.41) is 2.49. The molecule has 4 nitrogen and oxygen atoms in total. The lowest BCUT2D eigenvalue weighted by atomic mass is 10.0. The fourth-order valence-corrected chi connectivity index (χ4v) is 2.29. The highest BCUT2D eigenvalue weighted by atomic mass is 19.2. The van der Waals surface area contributed by atoms with Crippen molar-refractivity contribution < 1.29 is 22.8 Å². The molecule has 2 rings (SSSR count). The molecular weight excluding hydrogens is 333 g/mol. The van der Waals surface area contributed by atoms with Gasteiger partial charge in [-0.15, -0.1) is 0 Å². The molecule has 0 heterocycles. The fraction of sp³-hybridized carbons (Fsp3) is 0.278. The lowest BCUT2D eigenvalue weighted by molar-refractivity contribution is 0.0456. The molecule has 2 aromatic rings. The fourth-order valence-electron chi connectivity index (χ4n) is 2.29. The summed E-state index contributed by atoms with van der Waals surface area (Å²) >= 11 is 0. The molecule has 0 atom stereocenters. The number of carbonyl (C=O) groups is 1. The van der Waals surface area contributed by atoms with E-state index >= 15 is 0 Å². The Balaban J connectivity index is 2.46. The first-order valence-corrected chi connectivity index (χ1v) is 7.74. The minimum absolute atomic E-state index is 0.0495. The van der Waals surface area contributed by atoms with Crippen LogP contribution < -0.4 is 10.8 Å². The summed E-state index contributed by atoms with van der Waals surface area (Å²) in [5.74, 6) is -3.49. The predicted molar refractivity (Wildman–Crippen MR) is 89.2 cm³/mol. The van der Waals surface area contributed by atoms with Crippen LogP contribution in [-0.2, 0) is 11.4 Å². The van der Waals surface area contributed by atoms with E-state index in [1.807, 2.05) is 0 Å². The third-order valence-electron chi connectivity index (χ3n) is 3.55. The van der Waals surface area contributed by atoms with Crippen LogP contribution in [0.25, 0.3) is 0 Å². The molecule has 134 valence electrons. The maximum absolute atomic E-state index is 14.5. The first kappa shape index (κ1) is 19.0. The summed E-state index contributed by atoms with van der Waals surface area (Å²) in [7, 11) is 0. The number of rotatable bonds is 7. The topological polar surface area (TPSA) is 50.4 Å². The lowest BCUT2D eigenvalue weighted by Gasteiger charge is -2.16. The van der Waals surface area contributed by atoms with Gasteiger partial charge in [-0.2, -0.15) is 5.48 Å². The smallest absolute Gasteiger partial charge is 0.183 e. The van der Waals surface area contributed by atoms with Crippen molar-refractivity contribution in [1.82, 2.24) is 5.48 Å². The van der Waals surface area contributed by atoms with Crippen molar-refractivity contribution in [2.45, 2.75) is 27.3 Å². The average Bonchev–Trinajstić information content (AvgIpc) is 2.55. The Kier molecular flexibility index (Phi) is 6.17. The van der Waals surface area contributed by atoms with E-state index in [1.54, 1.807) is 19.9 Å². The van der Waals surface area contributed by atoms with Crippen LogP contribution in [0.2, 0.25) is 0 Å². The monoisotopic (exact) mass is 352 g/mol. The van der Waals surface area contributed by atoms with Crippen molar-refractivity contribution >= 4 is 17.2 Å². The number of halogens is 3. The Hall–Kier alpha value is -2.38. The standard InChI is InChI=1S/C18H19F3N2O2/c1-4-25-22-9-12-8-13(11(3)24)18(17(21)16(12)20)23-15-6-5-10(2)7-14(15)19/h5-8,22-23H,4,9H2,1-3H3. The van der Waals surface area contributed by atoms with Crippen molar-refractivity contribution in [3.8, 4) is 0 Å². The minimum atomic E-state index is -1.25. The largest absolute Gasteiger partial charge is 0.350 e. The molecule has 0 spiro atoms. The molecule has 2 aromatic carbocycles. The molecule has 0 aromatic heterocycles. The van der Waals surface area contributed by atoms with Crippen molar-refractivity contribution in [2.75, 3.05) is 11.9 Å². The summed E-state index contributed by atoms with van der Waals surface area (Å²) in [5.41, 5.74) is 2.57. The van der Waals surface area contributed by atoms with Gasteiger partial charge in [-0.25, -0.2) is 13.2 Å². The first-order chi connectivity index (χ1) is 11.8. The van der Waals surface area contributed by atoms with Crippen molar-refractivity contribution in [2.24, 2.45) is 0 Å². The molecule has 0 unspecified atom stereocenters. The zero-order valence-electron chi connectivity index (χ0n) is 14.2. The maximum atomic E-state index is 14.5. The highest BCUT2D eigenvalue weighted by Crippen LogP contribution is 2.30. The normalized spacial score (nSPS) is 10.8. The van der Waals surface area contributed by atoms with Crippen LogP contribution in [0, 0.1) is 24.4 Å². The second-order valence-corrected chi connectivity index (χ2v) is 5.50. The molecule has 0 amide bonds. The number of hydroxylamine groups is 1. The van der Waals surface area contributed by atoms with Gasteiger partial charge in [0.25, 0.3) is 0 Å². The van der Waals surface area contributed by atoms with E-state index in [2.05, 4.69) is 10.8 Å². The lowest BCUT2D eigenvalue weighted by Crippen LogP contribution is -2.17. The van der Waals surface area contributed by atoms with E-state index in [4.69, 9.17) is 4.84 Å². The molecule has 0 bridgehead atoms. The average molecular weight is 352 g/mol. The summed E-state index contributed by atoms with van der Waals surface area (Å²) in [4.78, 5) is 16.8. The third-order valence-corrected chi connectivity index (χ3v) is 3.55. The van der Waals surface area contributed by atoms with Crippen LogP contribution in [0.4, 0.5) is 24.5 Å². The van der Waals surface area contributed by atoms with E-state index in [-0.39, 0.29) is 23.4 Å². The zero-order chi connectivity index (χ0) is 18.6. The van der Waals surface area contributed by atoms with Gasteiger partial charge in [-0.1, -0.05) is 6.07 Å². The van der Waals surface area contributed by atoms with E-state index in [9.17, 15) is 18.0 Å². The molecule has 0 fully saturated rings. The summed E-state index contributed by atoms with van der Waals surface area (Å²) in [6, 6.07) is 5.50. The van der Waals surface area contributed by atoms with Crippen LogP contribution >= 0.6 is 0 Å². The van der Waals surface area contributed by atoms with Crippen molar-refractivity contribution in [3.63, 3.8) is 0 Å². The molecule has 7 heteroatoms. The minimum Gasteiger partial charge on any atom is -0.350 e. The maximum Gasteiger partial charge on any atom is 0.183 e. The number of nitrogens with one attached hydrogen (secondary N) is 2. The van der Waals surface area contributed by atoms with Gasteiger partial charge in [0.2, 0.25) is 0 Å². The molecule has 0 aliphatic carbocycles. The van der Waals surface area contributed by atoms with Gasteiger partial charge in [0, 0.05) is 17.7 Å². The molecular formula is C18H19F3N2O2. The van der Waals surface area contributed by atoms with Crippen LogP contribution in [-0.4, -0.2) is 12.4 Å². The van der Waals surface area contributed by atoms with E-state index in [0.717, 1.165) is 0 Å². The number of ketones is 1. The van der Waals surface area contributed by atoms with Crippen molar-refractivity contribution in [1.29, 1.82) is 0 Å². The van der Waals surface area contributed by atoms with Gasteiger partial charge in [0.1, 0.15) is 5.82 Å². The second kappa shape index (κ2) is 8.13. The molecule has 0 saturated carbocycles. The van der Waals surface area contributed by atoms with Crippen LogP contribution in [0.1, 0.15) is 35.3 Å². The quantitative estimate of drug-likeness (QED) is 0.441.